The van der Waals surface area contributed by atoms with E-state index in [-0.39, 0.29) is 19.3 Å². The van der Waals surface area contributed by atoms with Crippen LogP contribution in [0.25, 0.3) is 0 Å². The lowest BCUT2D eigenvalue weighted by atomic mass is 9.97. The summed E-state index contributed by atoms with van der Waals surface area (Å²) in [5.74, 6) is -5.72. The molecule has 0 amide bonds. The van der Waals surface area contributed by atoms with Gasteiger partial charge in [-0.1, -0.05) is 51.9 Å². The molecule has 3 unspecified atom stereocenters. The second-order valence-electron chi connectivity index (χ2n) is 8.64. The number of unbranched alkanes of at least 4 members (excludes halogenated alkanes) is 7. The topological polar surface area (TPSA) is 185 Å². The van der Waals surface area contributed by atoms with Crippen LogP contribution >= 0.6 is 0 Å². The molecule has 0 aliphatic rings. The minimum Gasteiger partial charge on any atom is -0.481 e. The number of hydrogen-bond donors (Lipinski definition) is 4. The van der Waals surface area contributed by atoms with E-state index < -0.39 is 61.0 Å². The lowest BCUT2D eigenvalue weighted by Crippen LogP contribution is -2.38. The van der Waals surface area contributed by atoms with Crippen molar-refractivity contribution in [1.29, 1.82) is 0 Å². The maximum Gasteiger partial charge on any atom is 0.317 e. The molecule has 0 fully saturated rings. The number of carbonyl (C=O) groups excluding carboxylic acids is 2. The van der Waals surface area contributed by atoms with Crippen LogP contribution in [0.3, 0.4) is 0 Å². The van der Waals surface area contributed by atoms with Crippen LogP contribution in [-0.2, 0) is 33.4 Å². The van der Waals surface area contributed by atoms with E-state index in [1.165, 1.54) is 0 Å². The van der Waals surface area contributed by atoms with Crippen molar-refractivity contribution in [3.63, 3.8) is 0 Å². The Morgan fingerprint density at radius 1 is 0.629 bits per heavy atom. The molecule has 11 nitrogen and oxygen atoms in total. The Balaban J connectivity index is 5.23. The van der Waals surface area contributed by atoms with Crippen LogP contribution in [0.1, 0.15) is 103 Å². The number of carboxylic acid groups (broad SMARTS) is 3. The van der Waals surface area contributed by atoms with E-state index in [0.29, 0.717) is 32.1 Å². The summed E-state index contributed by atoms with van der Waals surface area (Å²) < 4.78 is 10.6. The molecule has 3 atom stereocenters. The highest BCUT2D eigenvalue weighted by Gasteiger charge is 2.31. The highest BCUT2D eigenvalue weighted by atomic mass is 16.6. The number of esters is 2. The minimum absolute atomic E-state index is 0.0766. The Kier molecular flexibility index (Phi) is 18.1. The quantitative estimate of drug-likeness (QED) is 0.0963. The molecular weight excluding hydrogens is 464 g/mol. The molecule has 4 N–H and O–H groups in total. The van der Waals surface area contributed by atoms with Gasteiger partial charge in [-0.05, 0) is 25.7 Å². The fraction of sp³-hybridized carbons (Fsp3) is 0.792. The van der Waals surface area contributed by atoms with Crippen LogP contribution in [0.4, 0.5) is 0 Å². The molecule has 0 radical (unpaired) electrons. The summed E-state index contributed by atoms with van der Waals surface area (Å²) in [6.45, 7) is 2.05. The molecule has 0 saturated heterocycles. The largest absolute Gasteiger partial charge is 0.481 e. The van der Waals surface area contributed by atoms with Gasteiger partial charge in [0.25, 0.3) is 0 Å². The Labute approximate surface area is 205 Å². The summed E-state index contributed by atoms with van der Waals surface area (Å²) in [7, 11) is 0. The molecule has 0 bridgehead atoms. The number of aliphatic hydroxyl groups is 1. The zero-order valence-electron chi connectivity index (χ0n) is 20.5. The smallest absolute Gasteiger partial charge is 0.317 e. The first kappa shape index (κ1) is 32.3. The molecule has 0 spiro atoms. The molecule has 35 heavy (non-hydrogen) atoms. The predicted octanol–water partition coefficient (Wildman–Crippen LogP) is 3.30. The van der Waals surface area contributed by atoms with E-state index in [4.69, 9.17) is 24.8 Å². The van der Waals surface area contributed by atoms with Gasteiger partial charge in [-0.2, -0.15) is 0 Å². The molecular formula is C24H40O11. The molecule has 202 valence electrons. The second kappa shape index (κ2) is 19.6. The number of hydrogen-bond acceptors (Lipinski definition) is 8. The van der Waals surface area contributed by atoms with Crippen molar-refractivity contribution in [2.75, 3.05) is 0 Å². The third kappa shape index (κ3) is 19.3. The normalized spacial score (nSPS) is 13.4. The van der Waals surface area contributed by atoms with Crippen molar-refractivity contribution in [1.82, 2.24) is 0 Å². The van der Waals surface area contributed by atoms with Crippen molar-refractivity contribution in [3.05, 3.63) is 0 Å². The maximum absolute atomic E-state index is 12.0. The maximum atomic E-state index is 12.0. The van der Waals surface area contributed by atoms with Gasteiger partial charge in [0.2, 0.25) is 0 Å². The second-order valence-corrected chi connectivity index (χ2v) is 8.64. The monoisotopic (exact) mass is 504 g/mol. The molecule has 11 heteroatoms. The Morgan fingerprint density at radius 3 is 1.66 bits per heavy atom. The van der Waals surface area contributed by atoms with Crippen molar-refractivity contribution in [2.24, 2.45) is 0 Å². The van der Waals surface area contributed by atoms with Crippen molar-refractivity contribution in [2.45, 2.75) is 122 Å². The number of ether oxygens (including phenoxy) is 2. The molecule has 0 heterocycles. The summed E-state index contributed by atoms with van der Waals surface area (Å²) >= 11 is 0. The Hall–Kier alpha value is -2.69. The van der Waals surface area contributed by atoms with Crippen LogP contribution < -0.4 is 0 Å². The minimum atomic E-state index is -1.39. The third-order valence-corrected chi connectivity index (χ3v) is 5.35. The van der Waals surface area contributed by atoms with Gasteiger partial charge < -0.3 is 29.9 Å². The number of aliphatic hydroxyl groups excluding tert-OH is 1. The van der Waals surface area contributed by atoms with Crippen molar-refractivity contribution >= 4 is 29.8 Å². The Morgan fingerprint density at radius 2 is 1.11 bits per heavy atom. The zero-order chi connectivity index (χ0) is 26.6. The molecule has 0 rings (SSSR count). The fourth-order valence-electron chi connectivity index (χ4n) is 3.61. The van der Waals surface area contributed by atoms with Gasteiger partial charge in [-0.25, -0.2) is 0 Å². The first-order chi connectivity index (χ1) is 16.5. The fourth-order valence-corrected chi connectivity index (χ4v) is 3.61. The van der Waals surface area contributed by atoms with Gasteiger partial charge in [-0.3, -0.25) is 24.0 Å². The number of carboxylic acids is 3. The van der Waals surface area contributed by atoms with Crippen LogP contribution in [0.15, 0.2) is 0 Å². The van der Waals surface area contributed by atoms with Gasteiger partial charge in [0.15, 0.2) is 0 Å². The first-order valence-electron chi connectivity index (χ1n) is 12.3. The number of rotatable bonds is 22. The average Bonchev–Trinajstić information content (AvgIpc) is 2.73. The van der Waals surface area contributed by atoms with Crippen molar-refractivity contribution < 1.29 is 53.9 Å². The van der Waals surface area contributed by atoms with E-state index in [2.05, 4.69) is 6.92 Å². The van der Waals surface area contributed by atoms with E-state index in [1.54, 1.807) is 0 Å². The summed E-state index contributed by atoms with van der Waals surface area (Å²) in [4.78, 5) is 56.4. The number of carbonyl (C=O) groups is 5. The third-order valence-electron chi connectivity index (χ3n) is 5.35. The molecule has 0 aromatic heterocycles. The molecule has 0 aromatic carbocycles. The van der Waals surface area contributed by atoms with Gasteiger partial charge >= 0.3 is 29.8 Å². The summed E-state index contributed by atoms with van der Waals surface area (Å²) in [5, 5.41) is 36.9. The lowest BCUT2D eigenvalue weighted by molar-refractivity contribution is -0.174. The van der Waals surface area contributed by atoms with E-state index in [9.17, 15) is 29.1 Å². The summed E-state index contributed by atoms with van der Waals surface area (Å²) in [5.41, 5.74) is 0. The molecule has 0 saturated carbocycles. The van der Waals surface area contributed by atoms with E-state index in [1.807, 2.05) is 0 Å². The van der Waals surface area contributed by atoms with Crippen LogP contribution in [-0.4, -0.2) is 68.6 Å². The SMILES string of the molecule is CCCCCCC(O)CC(OC(=O)CC(=O)O)C(CCCCCCCC(=O)O)OC(=O)CC(=O)O. The summed E-state index contributed by atoms with van der Waals surface area (Å²) in [6.07, 6.45) is 2.59. The number of aliphatic carboxylic acids is 3. The van der Waals surface area contributed by atoms with Gasteiger partial charge in [0.05, 0.1) is 6.10 Å². The standard InChI is InChI=1S/C24H40O11/c1-2-3-4-8-11-17(25)14-19(35-24(33)16-22(30)31)18(34-23(32)15-21(28)29)12-9-6-5-7-10-13-20(26)27/h17-19,25H,2-16H2,1H3,(H,26,27)(H,28,29)(H,30,31). The van der Waals surface area contributed by atoms with Gasteiger partial charge in [0, 0.05) is 12.8 Å². The van der Waals surface area contributed by atoms with Gasteiger partial charge in [0.1, 0.15) is 25.0 Å². The highest BCUT2D eigenvalue weighted by Crippen LogP contribution is 2.22. The zero-order valence-corrected chi connectivity index (χ0v) is 20.5. The Bertz CT molecular complexity index is 662. The lowest BCUT2D eigenvalue weighted by Gasteiger charge is -2.28. The van der Waals surface area contributed by atoms with Gasteiger partial charge in [-0.15, -0.1) is 0 Å². The van der Waals surface area contributed by atoms with Crippen LogP contribution in [0.5, 0.6) is 0 Å². The van der Waals surface area contributed by atoms with Crippen LogP contribution in [0, 0.1) is 0 Å². The molecule has 0 aliphatic heterocycles. The van der Waals surface area contributed by atoms with Crippen LogP contribution in [0.2, 0.25) is 0 Å². The van der Waals surface area contributed by atoms with Crippen molar-refractivity contribution in [3.8, 4) is 0 Å². The molecule has 0 aliphatic carbocycles. The predicted molar refractivity (Wildman–Crippen MR) is 124 cm³/mol. The average molecular weight is 505 g/mol. The highest BCUT2D eigenvalue weighted by molar-refractivity contribution is 5.90. The van der Waals surface area contributed by atoms with E-state index in [0.717, 1.165) is 32.1 Å². The van der Waals surface area contributed by atoms with E-state index >= 15 is 0 Å². The first-order valence-corrected chi connectivity index (χ1v) is 12.3. The summed E-state index contributed by atoms with van der Waals surface area (Å²) in [6, 6.07) is 0. The molecule has 0 aromatic rings.